The van der Waals surface area contributed by atoms with E-state index in [0.717, 1.165) is 22.9 Å². The largest absolute Gasteiger partial charge is 0.440 e. The first-order valence-corrected chi connectivity index (χ1v) is 10.4. The standard InChI is InChI=1S/C23H27FN6O2.H2S/c1-23(2)17-10-26-20(28-21-18(24)11-25-14-27-21)16(17)12-30(23)22(31)32-19(13-29(3)4)15-8-6-5-7-9-15;/h5-9,11,14,19H,10,12-13H2,1-4H3,(H,25,26,27,28);1H2/t19-;/m1./s1. The van der Waals surface area contributed by atoms with Crippen LogP contribution in [-0.4, -0.2) is 71.0 Å². The molecule has 2 aliphatic heterocycles. The number of anilines is 1. The molecule has 8 nitrogen and oxygen atoms in total. The Morgan fingerprint density at radius 3 is 2.70 bits per heavy atom. The summed E-state index contributed by atoms with van der Waals surface area (Å²) in [5, 5.41) is 2.95. The van der Waals surface area contributed by atoms with E-state index in [-0.39, 0.29) is 19.3 Å². The molecule has 176 valence electrons. The normalized spacial score (nSPS) is 17.4. The third kappa shape index (κ3) is 5.01. The van der Waals surface area contributed by atoms with Crippen LogP contribution in [0.2, 0.25) is 0 Å². The molecule has 0 radical (unpaired) electrons. The summed E-state index contributed by atoms with van der Waals surface area (Å²) in [6.07, 6.45) is 1.57. The summed E-state index contributed by atoms with van der Waals surface area (Å²) in [6.45, 7) is 5.27. The third-order valence-electron chi connectivity index (χ3n) is 5.85. The predicted octanol–water partition coefficient (Wildman–Crippen LogP) is 3.38. The molecule has 10 heteroatoms. The number of likely N-dealkylation sites (N-methyl/N-ethyl adjacent to an activating group) is 1. The lowest BCUT2D eigenvalue weighted by Gasteiger charge is -2.35. The lowest BCUT2D eigenvalue weighted by atomic mass is 9.94. The lowest BCUT2D eigenvalue weighted by molar-refractivity contribution is 0.0383. The number of ether oxygens (including phenoxy) is 1. The maximum Gasteiger partial charge on any atom is 0.411 e. The molecule has 1 aromatic heterocycles. The van der Waals surface area contributed by atoms with Crippen molar-refractivity contribution in [1.29, 1.82) is 0 Å². The summed E-state index contributed by atoms with van der Waals surface area (Å²) in [4.78, 5) is 29.1. The number of rotatable bonds is 5. The summed E-state index contributed by atoms with van der Waals surface area (Å²) in [6, 6.07) is 9.72. The number of amides is 1. The van der Waals surface area contributed by atoms with E-state index in [2.05, 4.69) is 20.3 Å². The van der Waals surface area contributed by atoms with Gasteiger partial charge in [-0.1, -0.05) is 30.3 Å². The summed E-state index contributed by atoms with van der Waals surface area (Å²) in [7, 11) is 3.89. The van der Waals surface area contributed by atoms with Gasteiger partial charge in [0.25, 0.3) is 0 Å². The molecule has 1 N–H and O–H groups in total. The maximum atomic E-state index is 14.0. The molecular weight excluding hydrogens is 443 g/mol. The van der Waals surface area contributed by atoms with Gasteiger partial charge in [0.2, 0.25) is 0 Å². The van der Waals surface area contributed by atoms with Crippen molar-refractivity contribution in [2.24, 2.45) is 4.99 Å². The summed E-state index contributed by atoms with van der Waals surface area (Å²) < 4.78 is 20.0. The first-order valence-electron chi connectivity index (χ1n) is 10.4. The minimum atomic E-state index is -0.580. The van der Waals surface area contributed by atoms with Crippen molar-refractivity contribution in [3.8, 4) is 0 Å². The molecule has 0 fully saturated rings. The molecule has 1 aromatic carbocycles. The fraction of sp³-hybridized carbons (Fsp3) is 0.391. The first-order chi connectivity index (χ1) is 15.3. The number of nitrogens with zero attached hydrogens (tertiary/aromatic N) is 5. The van der Waals surface area contributed by atoms with Crippen LogP contribution < -0.4 is 5.32 Å². The Labute approximate surface area is 200 Å². The zero-order valence-electron chi connectivity index (χ0n) is 19.2. The van der Waals surface area contributed by atoms with Gasteiger partial charge >= 0.3 is 6.09 Å². The van der Waals surface area contributed by atoms with E-state index >= 15 is 0 Å². The number of nitrogens with one attached hydrogen (secondary N) is 1. The molecule has 1 amide bonds. The minimum absolute atomic E-state index is 0. The molecular formula is C23H29FN6O2S. The topological polar surface area (TPSA) is 83.0 Å². The van der Waals surface area contributed by atoms with Gasteiger partial charge < -0.3 is 15.0 Å². The second-order valence-electron chi connectivity index (χ2n) is 8.66. The quantitative estimate of drug-likeness (QED) is 0.718. The van der Waals surface area contributed by atoms with E-state index in [1.54, 1.807) is 4.90 Å². The van der Waals surface area contributed by atoms with Crippen LogP contribution in [0.3, 0.4) is 0 Å². The highest BCUT2D eigenvalue weighted by atomic mass is 32.1. The van der Waals surface area contributed by atoms with Crippen LogP contribution >= 0.6 is 13.5 Å². The van der Waals surface area contributed by atoms with Gasteiger partial charge in [0, 0.05) is 12.1 Å². The van der Waals surface area contributed by atoms with Crippen molar-refractivity contribution >= 4 is 31.2 Å². The average molecular weight is 473 g/mol. The Bertz CT molecular complexity index is 1070. The first kappa shape index (κ1) is 24.7. The summed E-state index contributed by atoms with van der Waals surface area (Å²) in [5.41, 5.74) is 2.24. The van der Waals surface area contributed by atoms with Crippen LogP contribution in [-0.2, 0) is 4.74 Å². The maximum absolute atomic E-state index is 14.0. The van der Waals surface area contributed by atoms with Crippen molar-refractivity contribution in [3.63, 3.8) is 0 Å². The second kappa shape index (κ2) is 9.88. The van der Waals surface area contributed by atoms with Gasteiger partial charge in [-0.2, -0.15) is 13.5 Å². The highest BCUT2D eigenvalue weighted by Gasteiger charge is 2.46. The number of carbonyl (C=O) groups is 1. The van der Waals surface area contributed by atoms with Crippen LogP contribution in [0.5, 0.6) is 0 Å². The van der Waals surface area contributed by atoms with Crippen LogP contribution in [0, 0.1) is 5.82 Å². The Balaban J connectivity index is 0.00000306. The summed E-state index contributed by atoms with van der Waals surface area (Å²) in [5.74, 6) is 0.0162. The Morgan fingerprint density at radius 1 is 1.30 bits per heavy atom. The summed E-state index contributed by atoms with van der Waals surface area (Å²) >= 11 is 0. The SMILES string of the molecule is CN(C)C[C@@H](OC(=O)N1CC2=C(CN=C2Nc2ncncc2F)C1(C)C)c1ccccc1.S. The monoisotopic (exact) mass is 472 g/mol. The van der Waals surface area contributed by atoms with Gasteiger partial charge in [0.05, 0.1) is 24.8 Å². The van der Waals surface area contributed by atoms with Gasteiger partial charge in [-0.3, -0.25) is 9.89 Å². The molecule has 33 heavy (non-hydrogen) atoms. The molecule has 0 saturated carbocycles. The number of hydrogen-bond donors (Lipinski definition) is 1. The van der Waals surface area contributed by atoms with E-state index in [1.165, 1.54) is 6.33 Å². The van der Waals surface area contributed by atoms with Crippen LogP contribution in [0.1, 0.15) is 25.5 Å². The molecule has 3 heterocycles. The number of carbonyl (C=O) groups excluding carboxylic acids is 1. The van der Waals surface area contributed by atoms with E-state index in [0.29, 0.717) is 25.5 Å². The van der Waals surface area contributed by atoms with E-state index in [4.69, 9.17) is 4.74 Å². The molecule has 1 atom stereocenters. The average Bonchev–Trinajstić information content (AvgIpc) is 3.27. The van der Waals surface area contributed by atoms with E-state index in [1.807, 2.05) is 63.2 Å². The highest BCUT2D eigenvalue weighted by molar-refractivity contribution is 7.59. The smallest absolute Gasteiger partial charge is 0.411 e. The van der Waals surface area contributed by atoms with Crippen molar-refractivity contribution in [1.82, 2.24) is 19.8 Å². The Kier molecular flexibility index (Phi) is 7.38. The minimum Gasteiger partial charge on any atom is -0.440 e. The Hall–Kier alpha value is -2.98. The molecule has 0 spiro atoms. The van der Waals surface area contributed by atoms with Gasteiger partial charge in [0.1, 0.15) is 18.3 Å². The fourth-order valence-corrected chi connectivity index (χ4v) is 4.06. The predicted molar refractivity (Wildman–Crippen MR) is 130 cm³/mol. The van der Waals surface area contributed by atoms with Crippen molar-refractivity contribution < 1.29 is 13.9 Å². The van der Waals surface area contributed by atoms with Crippen LogP contribution in [0.25, 0.3) is 0 Å². The molecule has 2 aromatic rings. The van der Waals surface area contributed by atoms with Crippen molar-refractivity contribution in [2.45, 2.75) is 25.5 Å². The van der Waals surface area contributed by atoms with Gasteiger partial charge in [-0.05, 0) is 39.1 Å². The van der Waals surface area contributed by atoms with E-state index < -0.39 is 23.6 Å². The van der Waals surface area contributed by atoms with Gasteiger partial charge in [-0.25, -0.2) is 19.2 Å². The van der Waals surface area contributed by atoms with Crippen LogP contribution in [0.15, 0.2) is 59.0 Å². The van der Waals surface area contributed by atoms with Crippen LogP contribution in [0.4, 0.5) is 15.0 Å². The zero-order chi connectivity index (χ0) is 22.9. The zero-order valence-corrected chi connectivity index (χ0v) is 20.2. The fourth-order valence-electron chi connectivity index (χ4n) is 4.06. The molecule has 0 aliphatic carbocycles. The molecule has 2 aliphatic rings. The molecule has 0 bridgehead atoms. The third-order valence-corrected chi connectivity index (χ3v) is 5.85. The van der Waals surface area contributed by atoms with Crippen molar-refractivity contribution in [3.05, 3.63) is 65.4 Å². The van der Waals surface area contributed by atoms with E-state index in [9.17, 15) is 9.18 Å². The second-order valence-corrected chi connectivity index (χ2v) is 8.66. The van der Waals surface area contributed by atoms with Gasteiger partial charge in [0.15, 0.2) is 11.6 Å². The number of hydrogen-bond acceptors (Lipinski definition) is 7. The molecule has 4 rings (SSSR count). The number of amidine groups is 1. The number of halogens is 1. The molecule has 0 unspecified atom stereocenters. The number of aliphatic imine (C=N–C) groups is 1. The lowest BCUT2D eigenvalue weighted by Crippen LogP contribution is -2.47. The Morgan fingerprint density at radius 2 is 2.03 bits per heavy atom. The van der Waals surface area contributed by atoms with Gasteiger partial charge in [-0.15, -0.1) is 0 Å². The molecule has 0 saturated heterocycles. The number of benzene rings is 1. The highest BCUT2D eigenvalue weighted by Crippen LogP contribution is 2.39. The number of aromatic nitrogens is 2. The van der Waals surface area contributed by atoms with Crippen molar-refractivity contribution in [2.75, 3.05) is 39.0 Å².